The van der Waals surface area contributed by atoms with E-state index >= 15 is 0 Å². The number of hydrogen-bond donors (Lipinski definition) is 3. The molecule has 0 aliphatic carbocycles. The molecular formula is C26H26N2O3. The van der Waals surface area contributed by atoms with Gasteiger partial charge in [-0.3, -0.25) is 9.59 Å². The smallest absolute Gasteiger partial charge is 0.252 e. The number of carbonyl (C=O) groups is 2. The number of anilines is 1. The molecule has 3 N–H and O–H groups in total. The first-order chi connectivity index (χ1) is 15.0. The summed E-state index contributed by atoms with van der Waals surface area (Å²) >= 11 is 0. The number of hydrogen-bond acceptors (Lipinski definition) is 3. The van der Waals surface area contributed by atoms with Gasteiger partial charge in [0.05, 0.1) is 12.6 Å². The average molecular weight is 415 g/mol. The van der Waals surface area contributed by atoms with Crippen molar-refractivity contribution in [3.63, 3.8) is 0 Å². The lowest BCUT2D eigenvalue weighted by molar-refractivity contribution is -0.114. The summed E-state index contributed by atoms with van der Waals surface area (Å²) in [5.41, 5.74) is 3.78. The molecule has 0 fully saturated rings. The second kappa shape index (κ2) is 10.9. The van der Waals surface area contributed by atoms with E-state index in [9.17, 15) is 14.7 Å². The molecule has 0 bridgehead atoms. The van der Waals surface area contributed by atoms with Crippen LogP contribution in [-0.4, -0.2) is 29.6 Å². The number of carbonyl (C=O) groups excluding carboxylic acids is 2. The summed E-state index contributed by atoms with van der Waals surface area (Å²) in [5, 5.41) is 15.4. The minimum Gasteiger partial charge on any atom is -0.394 e. The number of aliphatic hydroxyl groups excluding tert-OH is 1. The fourth-order valence-electron chi connectivity index (χ4n) is 3.26. The summed E-state index contributed by atoms with van der Waals surface area (Å²) in [6, 6.07) is 24.2. The molecule has 3 aromatic carbocycles. The maximum Gasteiger partial charge on any atom is 0.252 e. The molecule has 158 valence electrons. The molecule has 3 aromatic rings. The first kappa shape index (κ1) is 22.0. The van der Waals surface area contributed by atoms with Gasteiger partial charge >= 0.3 is 0 Å². The quantitative estimate of drug-likeness (QED) is 0.485. The van der Waals surface area contributed by atoms with E-state index in [-0.39, 0.29) is 18.4 Å². The maximum atomic E-state index is 13.0. The van der Waals surface area contributed by atoms with Crippen molar-refractivity contribution >= 4 is 29.7 Å². The summed E-state index contributed by atoms with van der Waals surface area (Å²) in [6.07, 6.45) is 4.29. The second-order valence-corrected chi connectivity index (χ2v) is 7.27. The van der Waals surface area contributed by atoms with Crippen LogP contribution >= 0.6 is 0 Å². The molecule has 2 amide bonds. The molecule has 31 heavy (non-hydrogen) atoms. The fourth-order valence-corrected chi connectivity index (χ4v) is 3.26. The number of amides is 2. The van der Waals surface area contributed by atoms with Gasteiger partial charge in [-0.15, -0.1) is 0 Å². The molecule has 5 nitrogen and oxygen atoms in total. The molecule has 0 saturated heterocycles. The van der Waals surface area contributed by atoms with E-state index in [1.54, 1.807) is 18.2 Å². The molecule has 0 aliphatic rings. The summed E-state index contributed by atoms with van der Waals surface area (Å²) in [4.78, 5) is 24.5. The highest BCUT2D eigenvalue weighted by Crippen LogP contribution is 2.20. The zero-order valence-corrected chi connectivity index (χ0v) is 17.4. The molecule has 3 rings (SSSR count). The lowest BCUT2D eigenvalue weighted by Crippen LogP contribution is -2.39. The zero-order chi connectivity index (χ0) is 22.1. The summed E-state index contributed by atoms with van der Waals surface area (Å²) in [6.45, 7) is 1.27. The normalized spacial score (nSPS) is 11.8. The Morgan fingerprint density at radius 3 is 2.26 bits per heavy atom. The van der Waals surface area contributed by atoms with Crippen LogP contribution in [0.25, 0.3) is 12.2 Å². The highest BCUT2D eigenvalue weighted by molar-refractivity contribution is 6.00. The van der Waals surface area contributed by atoms with Crippen molar-refractivity contribution in [2.45, 2.75) is 19.4 Å². The first-order valence-corrected chi connectivity index (χ1v) is 10.2. The van der Waals surface area contributed by atoms with Crippen LogP contribution in [0.4, 0.5) is 5.69 Å². The maximum absolute atomic E-state index is 13.0. The number of nitrogens with one attached hydrogen (secondary N) is 2. The van der Waals surface area contributed by atoms with E-state index in [2.05, 4.69) is 10.6 Å². The van der Waals surface area contributed by atoms with Crippen LogP contribution in [-0.2, 0) is 11.2 Å². The standard InChI is InChI=1S/C26H26N2O3/c1-19(30)27-23-14-15-25(22(17-23)13-12-20-8-4-2-5-9-20)26(31)28-24(18-29)16-21-10-6-3-7-11-21/h2-15,17,24,29H,16,18H2,1H3,(H,27,30)(H,28,31). The Morgan fingerprint density at radius 2 is 1.61 bits per heavy atom. The van der Waals surface area contributed by atoms with Crippen molar-refractivity contribution in [1.82, 2.24) is 5.32 Å². The third-order valence-corrected chi connectivity index (χ3v) is 4.75. The van der Waals surface area contributed by atoms with Gasteiger partial charge in [0, 0.05) is 18.2 Å². The van der Waals surface area contributed by atoms with Gasteiger partial charge in [-0.25, -0.2) is 0 Å². The Bertz CT molecular complexity index is 1050. The molecule has 0 radical (unpaired) electrons. The fraction of sp³-hybridized carbons (Fsp3) is 0.154. The van der Waals surface area contributed by atoms with E-state index in [1.807, 2.05) is 72.8 Å². The third-order valence-electron chi connectivity index (χ3n) is 4.75. The lowest BCUT2D eigenvalue weighted by atomic mass is 10.0. The first-order valence-electron chi connectivity index (χ1n) is 10.2. The number of aliphatic hydroxyl groups is 1. The van der Waals surface area contributed by atoms with E-state index in [4.69, 9.17) is 0 Å². The number of rotatable bonds is 8. The summed E-state index contributed by atoms with van der Waals surface area (Å²) < 4.78 is 0. The second-order valence-electron chi connectivity index (χ2n) is 7.27. The minimum absolute atomic E-state index is 0.167. The largest absolute Gasteiger partial charge is 0.394 e. The van der Waals surface area contributed by atoms with Crippen LogP contribution in [0.5, 0.6) is 0 Å². The van der Waals surface area contributed by atoms with Crippen LogP contribution < -0.4 is 10.6 Å². The Hall–Kier alpha value is -3.70. The van der Waals surface area contributed by atoms with Gasteiger partial charge in [-0.05, 0) is 41.3 Å². The van der Waals surface area contributed by atoms with Crippen molar-refractivity contribution in [2.75, 3.05) is 11.9 Å². The highest BCUT2D eigenvalue weighted by atomic mass is 16.3. The SMILES string of the molecule is CC(=O)Nc1ccc(C(=O)NC(CO)Cc2ccccc2)c(C=Cc2ccccc2)c1. The Kier molecular flexibility index (Phi) is 7.73. The van der Waals surface area contributed by atoms with Crippen LogP contribution in [0.3, 0.4) is 0 Å². The van der Waals surface area contributed by atoms with E-state index in [0.29, 0.717) is 23.2 Å². The Labute approximate surface area is 182 Å². The van der Waals surface area contributed by atoms with Crippen molar-refractivity contribution in [1.29, 1.82) is 0 Å². The van der Waals surface area contributed by atoms with Crippen LogP contribution in [0.2, 0.25) is 0 Å². The summed E-state index contributed by atoms with van der Waals surface area (Å²) in [5.74, 6) is -0.463. The van der Waals surface area contributed by atoms with Gasteiger partial charge < -0.3 is 15.7 Å². The van der Waals surface area contributed by atoms with Crippen molar-refractivity contribution < 1.29 is 14.7 Å². The van der Waals surface area contributed by atoms with Gasteiger partial charge in [0.25, 0.3) is 5.91 Å². The van der Waals surface area contributed by atoms with Gasteiger partial charge in [-0.2, -0.15) is 0 Å². The predicted octanol–water partition coefficient (Wildman–Crippen LogP) is 4.15. The van der Waals surface area contributed by atoms with Gasteiger partial charge in [0.2, 0.25) is 5.91 Å². The molecule has 0 saturated carbocycles. The van der Waals surface area contributed by atoms with Crippen LogP contribution in [0.15, 0.2) is 78.9 Å². The molecule has 0 aromatic heterocycles. The van der Waals surface area contributed by atoms with E-state index in [0.717, 1.165) is 11.1 Å². The van der Waals surface area contributed by atoms with Gasteiger partial charge in [0.1, 0.15) is 0 Å². The summed E-state index contributed by atoms with van der Waals surface area (Å²) in [7, 11) is 0. The Morgan fingerprint density at radius 1 is 0.935 bits per heavy atom. The van der Waals surface area contributed by atoms with Crippen molar-refractivity contribution in [3.8, 4) is 0 Å². The predicted molar refractivity (Wildman–Crippen MR) is 125 cm³/mol. The monoisotopic (exact) mass is 414 g/mol. The highest BCUT2D eigenvalue weighted by Gasteiger charge is 2.16. The van der Waals surface area contributed by atoms with Gasteiger partial charge in [0.15, 0.2) is 0 Å². The molecule has 0 aliphatic heterocycles. The molecule has 0 heterocycles. The topological polar surface area (TPSA) is 78.4 Å². The lowest BCUT2D eigenvalue weighted by Gasteiger charge is -2.18. The minimum atomic E-state index is -0.407. The van der Waals surface area contributed by atoms with Gasteiger partial charge in [-0.1, -0.05) is 72.8 Å². The zero-order valence-electron chi connectivity index (χ0n) is 17.4. The van der Waals surface area contributed by atoms with Crippen LogP contribution in [0, 0.1) is 0 Å². The molecule has 1 unspecified atom stereocenters. The Balaban J connectivity index is 1.84. The average Bonchev–Trinajstić information content (AvgIpc) is 2.78. The molecule has 0 spiro atoms. The van der Waals surface area contributed by atoms with E-state index < -0.39 is 6.04 Å². The van der Waals surface area contributed by atoms with E-state index in [1.165, 1.54) is 6.92 Å². The van der Waals surface area contributed by atoms with Crippen molar-refractivity contribution in [3.05, 3.63) is 101 Å². The number of benzene rings is 3. The van der Waals surface area contributed by atoms with Crippen molar-refractivity contribution in [2.24, 2.45) is 0 Å². The molecular weight excluding hydrogens is 388 g/mol. The van der Waals surface area contributed by atoms with Crippen LogP contribution in [0.1, 0.15) is 34.0 Å². The third kappa shape index (κ3) is 6.66. The molecule has 1 atom stereocenters. The molecule has 5 heteroatoms.